The van der Waals surface area contributed by atoms with Crippen LogP contribution >= 0.6 is 11.8 Å². The second kappa shape index (κ2) is 4.30. The first-order chi connectivity index (χ1) is 6.91. The average Bonchev–Trinajstić information content (AvgIpc) is 2.40. The molecule has 1 aliphatic rings. The van der Waals surface area contributed by atoms with Crippen LogP contribution in [0, 0.1) is 5.92 Å². The van der Waals surface area contributed by atoms with Gasteiger partial charge in [0.05, 0.1) is 12.3 Å². The molecule has 0 unspecified atom stereocenters. The van der Waals surface area contributed by atoms with Crippen molar-refractivity contribution in [3.63, 3.8) is 0 Å². The maximum absolute atomic E-state index is 11.1. The van der Waals surface area contributed by atoms with Crippen molar-refractivity contribution in [1.82, 2.24) is 5.32 Å². The lowest BCUT2D eigenvalue weighted by Crippen LogP contribution is -2.35. The highest BCUT2D eigenvalue weighted by Gasteiger charge is 2.42. The van der Waals surface area contributed by atoms with Gasteiger partial charge in [0.2, 0.25) is 5.91 Å². The predicted octanol–water partition coefficient (Wildman–Crippen LogP) is -0.486. The molecule has 0 aliphatic carbocycles. The van der Waals surface area contributed by atoms with Crippen molar-refractivity contribution < 1.29 is 29.4 Å². The Labute approximate surface area is 87.8 Å². The zero-order chi connectivity index (χ0) is 11.6. The Balaban J connectivity index is 2.80. The first kappa shape index (κ1) is 11.5. The third kappa shape index (κ3) is 2.69. The minimum atomic E-state index is -1.40. The molecule has 0 aromatic heterocycles. The first-order valence-electron chi connectivity index (χ1n) is 3.88. The largest absolute Gasteiger partial charge is 0.481 e. The molecule has 1 heterocycles. The van der Waals surface area contributed by atoms with E-state index in [1.54, 1.807) is 0 Å². The first-order valence-corrected chi connectivity index (χ1v) is 4.76. The van der Waals surface area contributed by atoms with Crippen LogP contribution in [-0.4, -0.2) is 38.5 Å². The maximum atomic E-state index is 11.1. The molecule has 0 radical (unpaired) electrons. The molecule has 1 fully saturated rings. The van der Waals surface area contributed by atoms with Crippen LogP contribution in [0.25, 0.3) is 0 Å². The van der Waals surface area contributed by atoms with Gasteiger partial charge in [-0.2, -0.15) is 0 Å². The zero-order valence-corrected chi connectivity index (χ0v) is 8.11. The molecule has 0 spiro atoms. The third-order valence-electron chi connectivity index (χ3n) is 1.79. The van der Waals surface area contributed by atoms with E-state index in [0.29, 0.717) is 11.8 Å². The van der Waals surface area contributed by atoms with Crippen LogP contribution in [-0.2, 0) is 14.4 Å². The SMILES string of the molecule is O=C(O)C[C@H](C(=O)O)[C@@H]1SC(=O)NC1=O. The molecule has 1 rings (SSSR count). The van der Waals surface area contributed by atoms with Gasteiger partial charge in [-0.15, -0.1) is 0 Å². The van der Waals surface area contributed by atoms with Gasteiger partial charge >= 0.3 is 11.9 Å². The fraction of sp³-hybridized carbons (Fsp3) is 0.429. The van der Waals surface area contributed by atoms with Gasteiger partial charge in [-0.3, -0.25) is 24.5 Å². The number of aliphatic carboxylic acids is 2. The Morgan fingerprint density at radius 2 is 2.00 bits per heavy atom. The number of carboxylic acids is 2. The summed E-state index contributed by atoms with van der Waals surface area (Å²) >= 11 is 0.508. The quantitative estimate of drug-likeness (QED) is 0.599. The number of hydrogen-bond acceptors (Lipinski definition) is 5. The Kier molecular flexibility index (Phi) is 3.30. The molecule has 7 nitrogen and oxygen atoms in total. The van der Waals surface area contributed by atoms with Crippen LogP contribution < -0.4 is 5.32 Å². The van der Waals surface area contributed by atoms with Gasteiger partial charge in [0.1, 0.15) is 5.25 Å². The highest BCUT2D eigenvalue weighted by atomic mass is 32.2. The fourth-order valence-corrected chi connectivity index (χ4v) is 2.08. The average molecular weight is 233 g/mol. The van der Waals surface area contributed by atoms with Gasteiger partial charge in [0, 0.05) is 0 Å². The van der Waals surface area contributed by atoms with E-state index in [-0.39, 0.29) is 0 Å². The summed E-state index contributed by atoms with van der Waals surface area (Å²) < 4.78 is 0. The van der Waals surface area contributed by atoms with E-state index in [4.69, 9.17) is 10.2 Å². The molecule has 2 amide bonds. The molecule has 1 aliphatic heterocycles. The van der Waals surface area contributed by atoms with Crippen molar-refractivity contribution in [3.05, 3.63) is 0 Å². The molecule has 3 N–H and O–H groups in total. The Bertz CT molecular complexity index is 340. The van der Waals surface area contributed by atoms with E-state index in [9.17, 15) is 19.2 Å². The number of imide groups is 1. The highest BCUT2D eigenvalue weighted by Crippen LogP contribution is 2.28. The van der Waals surface area contributed by atoms with Gasteiger partial charge in [-0.05, 0) is 0 Å². The summed E-state index contributed by atoms with van der Waals surface area (Å²) in [6, 6.07) is 0. The minimum absolute atomic E-state index is 0.508. The van der Waals surface area contributed by atoms with Crippen molar-refractivity contribution >= 4 is 34.8 Å². The number of nitrogens with one attached hydrogen (secondary N) is 1. The monoisotopic (exact) mass is 233 g/mol. The Morgan fingerprint density at radius 3 is 2.33 bits per heavy atom. The van der Waals surface area contributed by atoms with Crippen LogP contribution in [0.4, 0.5) is 4.79 Å². The van der Waals surface area contributed by atoms with Gasteiger partial charge in [0.15, 0.2) is 0 Å². The molecule has 0 aromatic carbocycles. The number of carboxylic acid groups (broad SMARTS) is 2. The van der Waals surface area contributed by atoms with Crippen LogP contribution in [0.15, 0.2) is 0 Å². The second-order valence-electron chi connectivity index (χ2n) is 2.86. The molecule has 8 heteroatoms. The van der Waals surface area contributed by atoms with Crippen LogP contribution in [0.5, 0.6) is 0 Å². The number of carbonyl (C=O) groups excluding carboxylic acids is 2. The normalized spacial score (nSPS) is 22.3. The summed E-state index contributed by atoms with van der Waals surface area (Å²) in [4.78, 5) is 42.9. The molecule has 1 saturated heterocycles. The summed E-state index contributed by atoms with van der Waals surface area (Å²) in [6.07, 6.45) is -0.687. The van der Waals surface area contributed by atoms with Crippen LogP contribution in [0.2, 0.25) is 0 Å². The summed E-state index contributed by atoms with van der Waals surface area (Å²) in [7, 11) is 0. The van der Waals surface area contributed by atoms with E-state index >= 15 is 0 Å². The number of hydrogen-bond donors (Lipinski definition) is 3. The lowest BCUT2D eigenvalue weighted by Gasteiger charge is -2.12. The molecule has 15 heavy (non-hydrogen) atoms. The lowest BCUT2D eigenvalue weighted by atomic mass is 10.0. The molecule has 2 atom stereocenters. The van der Waals surface area contributed by atoms with Gasteiger partial charge < -0.3 is 10.2 Å². The van der Waals surface area contributed by atoms with Gasteiger partial charge in [-0.1, -0.05) is 11.8 Å². The van der Waals surface area contributed by atoms with Crippen LogP contribution in [0.1, 0.15) is 6.42 Å². The number of amides is 2. The summed E-state index contributed by atoms with van der Waals surface area (Å²) in [5, 5.41) is 17.3. The molecular weight excluding hydrogens is 226 g/mol. The Morgan fingerprint density at radius 1 is 1.40 bits per heavy atom. The molecule has 0 bridgehead atoms. The second-order valence-corrected chi connectivity index (χ2v) is 3.97. The van der Waals surface area contributed by atoms with Crippen molar-refractivity contribution in [3.8, 4) is 0 Å². The Hall–Kier alpha value is -1.57. The van der Waals surface area contributed by atoms with E-state index in [1.807, 2.05) is 5.32 Å². The molecular formula is C7H7NO6S. The van der Waals surface area contributed by atoms with E-state index in [2.05, 4.69) is 0 Å². The van der Waals surface area contributed by atoms with Crippen molar-refractivity contribution in [2.45, 2.75) is 11.7 Å². The summed E-state index contributed by atoms with van der Waals surface area (Å²) in [5.74, 6) is -4.87. The fourth-order valence-electron chi connectivity index (χ4n) is 1.15. The van der Waals surface area contributed by atoms with E-state index in [0.717, 1.165) is 0 Å². The van der Waals surface area contributed by atoms with Crippen molar-refractivity contribution in [2.75, 3.05) is 0 Å². The molecule has 0 aromatic rings. The zero-order valence-electron chi connectivity index (χ0n) is 7.30. The predicted molar refractivity (Wildman–Crippen MR) is 48.3 cm³/mol. The molecule has 82 valence electrons. The smallest absolute Gasteiger partial charge is 0.308 e. The molecule has 0 saturated carbocycles. The number of rotatable bonds is 4. The van der Waals surface area contributed by atoms with E-state index in [1.165, 1.54) is 0 Å². The number of carbonyl (C=O) groups is 4. The lowest BCUT2D eigenvalue weighted by molar-refractivity contribution is -0.149. The summed E-state index contributed by atoms with van der Waals surface area (Å²) in [5.41, 5.74) is 0. The topological polar surface area (TPSA) is 121 Å². The standard InChI is InChI=1S/C7H7NO6S/c9-3(10)1-2(6(12)13)4-5(11)8-7(14)15-4/h2,4H,1H2,(H,9,10)(H,12,13)(H,8,11,14)/t2-,4-/m0/s1. The number of thioether (sulfide) groups is 1. The van der Waals surface area contributed by atoms with E-state index < -0.39 is 40.7 Å². The minimum Gasteiger partial charge on any atom is -0.481 e. The maximum Gasteiger partial charge on any atom is 0.308 e. The third-order valence-corrected chi connectivity index (χ3v) is 2.91. The van der Waals surface area contributed by atoms with Crippen LogP contribution in [0.3, 0.4) is 0 Å². The highest BCUT2D eigenvalue weighted by molar-refractivity contribution is 8.15. The van der Waals surface area contributed by atoms with Gasteiger partial charge in [0.25, 0.3) is 5.24 Å². The summed E-state index contributed by atoms with van der Waals surface area (Å²) in [6.45, 7) is 0. The van der Waals surface area contributed by atoms with Crippen molar-refractivity contribution in [2.24, 2.45) is 5.92 Å². The van der Waals surface area contributed by atoms with Crippen molar-refractivity contribution in [1.29, 1.82) is 0 Å². The van der Waals surface area contributed by atoms with Gasteiger partial charge in [-0.25, -0.2) is 0 Å².